The molecule has 0 fully saturated rings. The minimum absolute atomic E-state index is 0.704. The fraction of sp³-hybridized carbons (Fsp3) is 0.118. The monoisotopic (exact) mass is 314 g/mol. The first kappa shape index (κ1) is 14.2. The Bertz CT molecular complexity index is 782. The highest BCUT2D eigenvalue weighted by molar-refractivity contribution is 7.98. The molecule has 0 aliphatic heterocycles. The average molecular weight is 315 g/mol. The van der Waals surface area contributed by atoms with Gasteiger partial charge in [-0.1, -0.05) is 35.9 Å². The van der Waals surface area contributed by atoms with E-state index in [-0.39, 0.29) is 0 Å². The lowest BCUT2D eigenvalue weighted by Gasteiger charge is -2.10. The first-order valence-electron chi connectivity index (χ1n) is 6.67. The first-order valence-corrected chi connectivity index (χ1v) is 8.03. The summed E-state index contributed by atoms with van der Waals surface area (Å²) in [5.74, 6) is 0.817. The van der Waals surface area contributed by atoms with Crippen molar-refractivity contribution in [3.05, 3.63) is 64.8 Å². The number of fused-ring (bicyclic) bond motifs is 1. The van der Waals surface area contributed by atoms with E-state index in [4.69, 9.17) is 17.3 Å². The van der Waals surface area contributed by atoms with Crippen LogP contribution in [-0.2, 0) is 5.75 Å². The standard InChI is InChI=1S/C17H15ClN2S/c1-11-9-12(13-5-2-3-8-16(13)20-11)10-21-17-14(18)6-4-7-15(17)19/h2-9H,10,19H2,1H3. The van der Waals surface area contributed by atoms with Crippen molar-refractivity contribution in [2.24, 2.45) is 0 Å². The van der Waals surface area contributed by atoms with Gasteiger partial charge in [-0.2, -0.15) is 0 Å². The van der Waals surface area contributed by atoms with Gasteiger partial charge in [-0.05, 0) is 36.8 Å². The van der Waals surface area contributed by atoms with Crippen LogP contribution in [-0.4, -0.2) is 4.98 Å². The number of hydrogen-bond acceptors (Lipinski definition) is 3. The summed E-state index contributed by atoms with van der Waals surface area (Å²) in [5.41, 5.74) is 10.0. The minimum atomic E-state index is 0.704. The van der Waals surface area contributed by atoms with Crippen LogP contribution in [0, 0.1) is 6.92 Å². The van der Waals surface area contributed by atoms with Gasteiger partial charge >= 0.3 is 0 Å². The molecule has 0 unspecified atom stereocenters. The van der Waals surface area contributed by atoms with Gasteiger partial charge in [-0.3, -0.25) is 4.98 Å². The van der Waals surface area contributed by atoms with Gasteiger partial charge in [-0.15, -0.1) is 11.8 Å². The quantitative estimate of drug-likeness (QED) is 0.542. The van der Waals surface area contributed by atoms with Crippen LogP contribution in [0.5, 0.6) is 0 Å². The third kappa shape index (κ3) is 2.99. The van der Waals surface area contributed by atoms with E-state index in [0.717, 1.165) is 27.5 Å². The number of para-hydroxylation sites is 1. The fourth-order valence-electron chi connectivity index (χ4n) is 2.34. The Morgan fingerprint density at radius 1 is 1.14 bits per heavy atom. The normalized spacial score (nSPS) is 11.0. The average Bonchev–Trinajstić information content (AvgIpc) is 2.46. The maximum absolute atomic E-state index is 6.23. The van der Waals surface area contributed by atoms with Gasteiger partial charge in [0, 0.05) is 27.4 Å². The molecule has 3 aromatic rings. The van der Waals surface area contributed by atoms with E-state index in [1.165, 1.54) is 10.9 Å². The molecule has 3 rings (SSSR count). The van der Waals surface area contributed by atoms with E-state index in [2.05, 4.69) is 17.1 Å². The van der Waals surface area contributed by atoms with E-state index in [1.807, 2.05) is 43.3 Å². The van der Waals surface area contributed by atoms with Gasteiger partial charge in [0.2, 0.25) is 0 Å². The van der Waals surface area contributed by atoms with Crippen molar-refractivity contribution in [2.45, 2.75) is 17.6 Å². The molecule has 1 heterocycles. The van der Waals surface area contributed by atoms with E-state index in [0.29, 0.717) is 5.02 Å². The van der Waals surface area contributed by atoms with Crippen LogP contribution in [0.2, 0.25) is 5.02 Å². The van der Waals surface area contributed by atoms with Crippen molar-refractivity contribution in [3.63, 3.8) is 0 Å². The Labute approximate surface area is 133 Å². The number of aromatic nitrogens is 1. The van der Waals surface area contributed by atoms with Crippen molar-refractivity contribution < 1.29 is 0 Å². The third-order valence-corrected chi connectivity index (χ3v) is 4.93. The van der Waals surface area contributed by atoms with E-state index in [9.17, 15) is 0 Å². The van der Waals surface area contributed by atoms with Gasteiger partial charge in [0.15, 0.2) is 0 Å². The molecular weight excluding hydrogens is 300 g/mol. The minimum Gasteiger partial charge on any atom is -0.398 e. The molecule has 0 amide bonds. The molecule has 106 valence electrons. The molecule has 0 aliphatic rings. The Hall–Kier alpha value is -1.71. The summed E-state index contributed by atoms with van der Waals surface area (Å²) < 4.78 is 0. The smallest absolute Gasteiger partial charge is 0.0708 e. The summed E-state index contributed by atoms with van der Waals surface area (Å²) in [4.78, 5) is 5.51. The number of nitrogen functional groups attached to an aromatic ring is 1. The molecule has 0 spiro atoms. The number of aryl methyl sites for hydroxylation is 1. The topological polar surface area (TPSA) is 38.9 Å². The summed E-state index contributed by atoms with van der Waals surface area (Å²) in [7, 11) is 0. The summed E-state index contributed by atoms with van der Waals surface area (Å²) in [6.45, 7) is 2.02. The summed E-state index contributed by atoms with van der Waals surface area (Å²) in [6, 6.07) is 15.9. The number of rotatable bonds is 3. The molecule has 0 saturated carbocycles. The van der Waals surface area contributed by atoms with Crippen molar-refractivity contribution in [3.8, 4) is 0 Å². The maximum atomic E-state index is 6.23. The summed E-state index contributed by atoms with van der Waals surface area (Å²) in [6.07, 6.45) is 0. The molecule has 2 nitrogen and oxygen atoms in total. The molecule has 2 N–H and O–H groups in total. The van der Waals surface area contributed by atoms with Crippen molar-refractivity contribution in [1.29, 1.82) is 0 Å². The van der Waals surface area contributed by atoms with E-state index in [1.54, 1.807) is 11.8 Å². The van der Waals surface area contributed by atoms with Crippen molar-refractivity contribution in [1.82, 2.24) is 4.98 Å². The maximum Gasteiger partial charge on any atom is 0.0708 e. The molecule has 0 bridgehead atoms. The Morgan fingerprint density at radius 2 is 1.95 bits per heavy atom. The lowest BCUT2D eigenvalue weighted by atomic mass is 10.1. The first-order chi connectivity index (χ1) is 10.1. The van der Waals surface area contributed by atoms with Gasteiger partial charge in [-0.25, -0.2) is 0 Å². The van der Waals surface area contributed by atoms with Gasteiger partial charge in [0.1, 0.15) is 0 Å². The Morgan fingerprint density at radius 3 is 2.76 bits per heavy atom. The molecule has 2 aromatic carbocycles. The summed E-state index contributed by atoms with van der Waals surface area (Å²) >= 11 is 7.90. The lowest BCUT2D eigenvalue weighted by Crippen LogP contribution is -1.92. The van der Waals surface area contributed by atoms with Crippen molar-refractivity contribution in [2.75, 3.05) is 5.73 Å². The highest BCUT2D eigenvalue weighted by Gasteiger charge is 2.08. The van der Waals surface area contributed by atoms with E-state index >= 15 is 0 Å². The largest absolute Gasteiger partial charge is 0.398 e. The van der Waals surface area contributed by atoms with Crippen LogP contribution in [0.4, 0.5) is 5.69 Å². The highest BCUT2D eigenvalue weighted by atomic mass is 35.5. The van der Waals surface area contributed by atoms with Crippen LogP contribution >= 0.6 is 23.4 Å². The number of halogens is 1. The molecule has 0 aliphatic carbocycles. The number of nitrogens with two attached hydrogens (primary N) is 1. The molecule has 1 aromatic heterocycles. The number of nitrogens with zero attached hydrogens (tertiary/aromatic N) is 1. The van der Waals surface area contributed by atoms with E-state index < -0.39 is 0 Å². The fourth-order valence-corrected chi connectivity index (χ4v) is 3.67. The zero-order valence-corrected chi connectivity index (χ0v) is 13.2. The highest BCUT2D eigenvalue weighted by Crippen LogP contribution is 2.35. The number of pyridine rings is 1. The molecular formula is C17H15ClN2S. The van der Waals surface area contributed by atoms with Gasteiger partial charge in [0.05, 0.1) is 10.5 Å². The number of anilines is 1. The van der Waals surface area contributed by atoms with Crippen LogP contribution in [0.3, 0.4) is 0 Å². The second-order valence-corrected chi connectivity index (χ2v) is 6.28. The predicted molar refractivity (Wildman–Crippen MR) is 91.9 cm³/mol. The van der Waals surface area contributed by atoms with Crippen LogP contribution in [0.25, 0.3) is 10.9 Å². The number of thioether (sulfide) groups is 1. The summed E-state index contributed by atoms with van der Waals surface area (Å²) in [5, 5.41) is 1.89. The van der Waals surface area contributed by atoms with Gasteiger partial charge in [0.25, 0.3) is 0 Å². The molecule has 0 radical (unpaired) electrons. The molecule has 0 saturated heterocycles. The molecule has 0 atom stereocenters. The second-order valence-electron chi connectivity index (χ2n) is 4.89. The lowest BCUT2D eigenvalue weighted by molar-refractivity contribution is 1.23. The van der Waals surface area contributed by atoms with Crippen LogP contribution in [0.15, 0.2) is 53.4 Å². The third-order valence-electron chi connectivity index (χ3n) is 3.30. The van der Waals surface area contributed by atoms with Gasteiger partial charge < -0.3 is 5.73 Å². The Kier molecular flexibility index (Phi) is 4.04. The molecule has 21 heavy (non-hydrogen) atoms. The number of hydrogen-bond donors (Lipinski definition) is 1. The predicted octanol–water partition coefficient (Wildman–Crippen LogP) is 5.07. The number of benzene rings is 2. The Balaban J connectivity index is 1.95. The van der Waals surface area contributed by atoms with Crippen molar-refractivity contribution >= 4 is 40.0 Å². The molecule has 4 heteroatoms. The zero-order valence-electron chi connectivity index (χ0n) is 11.6. The van der Waals surface area contributed by atoms with Crippen LogP contribution in [0.1, 0.15) is 11.3 Å². The second kappa shape index (κ2) is 5.96. The zero-order chi connectivity index (χ0) is 14.8. The van der Waals surface area contributed by atoms with Crippen LogP contribution < -0.4 is 5.73 Å². The SMILES string of the molecule is Cc1cc(CSc2c(N)cccc2Cl)c2ccccc2n1.